The van der Waals surface area contributed by atoms with Crippen LogP contribution >= 0.6 is 0 Å². The van der Waals surface area contributed by atoms with Gasteiger partial charge >= 0.3 is 0 Å². The maximum absolute atomic E-state index is 13.3. The van der Waals surface area contributed by atoms with Crippen LogP contribution in [0.5, 0.6) is 17.2 Å². The molecule has 0 saturated carbocycles. The number of carbonyl (C=O) groups excluding carboxylic acids is 1. The Labute approximate surface area is 206 Å². The molecule has 5 nitrogen and oxygen atoms in total. The molecule has 3 rings (SSSR count). The molecule has 2 atom stereocenters. The molecule has 0 aliphatic carbocycles. The van der Waals surface area contributed by atoms with Crippen molar-refractivity contribution in [3.8, 4) is 17.2 Å². The lowest BCUT2D eigenvalue weighted by Crippen LogP contribution is -2.37. The fourth-order valence-electron chi connectivity index (χ4n) is 4.00. The summed E-state index contributed by atoms with van der Waals surface area (Å²) in [5.41, 5.74) is 4.73. The first-order chi connectivity index (χ1) is 16.6. The Balaban J connectivity index is 2.13. The van der Waals surface area contributed by atoms with Crippen molar-refractivity contribution in [3.05, 3.63) is 113 Å². The van der Waals surface area contributed by atoms with Crippen molar-refractivity contribution in [1.29, 1.82) is 0 Å². The third-order valence-corrected chi connectivity index (χ3v) is 6.05. The van der Waals surface area contributed by atoms with Gasteiger partial charge < -0.3 is 20.1 Å². The summed E-state index contributed by atoms with van der Waals surface area (Å²) in [5, 5.41) is 32.3. The van der Waals surface area contributed by atoms with E-state index in [0.29, 0.717) is 46.2 Å². The molecule has 2 aromatic carbocycles. The summed E-state index contributed by atoms with van der Waals surface area (Å²) in [6.07, 6.45) is 3.68. The Morgan fingerprint density at radius 2 is 1.69 bits per heavy atom. The van der Waals surface area contributed by atoms with Gasteiger partial charge in [-0.15, -0.1) is 0 Å². The number of aliphatic hydroxyl groups excluding tert-OH is 1. The van der Waals surface area contributed by atoms with Crippen molar-refractivity contribution >= 4 is 5.78 Å². The third-order valence-electron chi connectivity index (χ3n) is 6.05. The standard InChI is InChI=1S/C30H32O5/c1-7-18(5)13-22-15-21(11-12-25(22)31)29-28(34)27(33)24-16-20(10-9-17(3)4)26(32)23(30(24)35-29)14-19(6)8-2/h7-9,11-12,15-16,28-29,31-32,34H,1-2,5-6,10,13-14H2,3-4H3/t28-,29?/m0/s1. The van der Waals surface area contributed by atoms with Crippen molar-refractivity contribution in [2.24, 2.45) is 0 Å². The number of benzene rings is 2. The van der Waals surface area contributed by atoms with Crippen LogP contribution in [0.3, 0.4) is 0 Å². The predicted molar refractivity (Wildman–Crippen MR) is 139 cm³/mol. The van der Waals surface area contributed by atoms with E-state index in [1.807, 2.05) is 19.9 Å². The number of ketones is 1. The van der Waals surface area contributed by atoms with Crippen molar-refractivity contribution in [2.75, 3.05) is 0 Å². The van der Waals surface area contributed by atoms with Gasteiger partial charge in [-0.05, 0) is 55.2 Å². The second-order valence-electron chi connectivity index (χ2n) is 9.04. The van der Waals surface area contributed by atoms with Gasteiger partial charge in [0, 0.05) is 18.4 Å². The van der Waals surface area contributed by atoms with Crippen molar-refractivity contribution in [3.63, 3.8) is 0 Å². The predicted octanol–water partition coefficient (Wildman–Crippen LogP) is 5.85. The molecule has 1 unspecified atom stereocenters. The van der Waals surface area contributed by atoms with Crippen molar-refractivity contribution in [1.82, 2.24) is 0 Å². The van der Waals surface area contributed by atoms with Crippen molar-refractivity contribution < 1.29 is 24.9 Å². The third kappa shape index (κ3) is 5.47. The highest BCUT2D eigenvalue weighted by Crippen LogP contribution is 2.44. The summed E-state index contributed by atoms with van der Waals surface area (Å²) < 4.78 is 6.22. The highest BCUT2D eigenvalue weighted by atomic mass is 16.5. The summed E-state index contributed by atoms with van der Waals surface area (Å²) in [6, 6.07) is 6.37. The Morgan fingerprint density at radius 3 is 2.31 bits per heavy atom. The van der Waals surface area contributed by atoms with Gasteiger partial charge in [0.2, 0.25) is 0 Å². The smallest absolute Gasteiger partial charge is 0.199 e. The van der Waals surface area contributed by atoms with Gasteiger partial charge in [-0.2, -0.15) is 0 Å². The number of phenols is 2. The van der Waals surface area contributed by atoms with E-state index in [1.165, 1.54) is 6.07 Å². The fourth-order valence-corrected chi connectivity index (χ4v) is 4.00. The van der Waals surface area contributed by atoms with E-state index >= 15 is 0 Å². The lowest BCUT2D eigenvalue weighted by molar-refractivity contribution is 0.0211. The zero-order valence-corrected chi connectivity index (χ0v) is 20.3. The Hall–Kier alpha value is -3.83. The number of Topliss-reactive ketones (excluding diaryl/α,β-unsaturated/α-hetero) is 1. The second kappa shape index (κ2) is 10.6. The average molecular weight is 473 g/mol. The van der Waals surface area contributed by atoms with Crippen LogP contribution in [0.25, 0.3) is 0 Å². The summed E-state index contributed by atoms with van der Waals surface area (Å²) in [6.45, 7) is 19.2. The first-order valence-corrected chi connectivity index (χ1v) is 11.4. The molecule has 0 bridgehead atoms. The molecular formula is C30H32O5. The zero-order valence-electron chi connectivity index (χ0n) is 20.3. The first kappa shape index (κ1) is 25.8. The number of ether oxygens (including phenoxy) is 1. The zero-order chi connectivity index (χ0) is 25.9. The number of carbonyl (C=O) groups is 1. The average Bonchev–Trinajstić information content (AvgIpc) is 2.83. The molecule has 0 saturated heterocycles. The maximum atomic E-state index is 13.3. The highest BCUT2D eigenvalue weighted by molar-refractivity contribution is 6.04. The second-order valence-corrected chi connectivity index (χ2v) is 9.04. The van der Waals surface area contributed by atoms with Gasteiger partial charge in [-0.3, -0.25) is 4.79 Å². The molecule has 35 heavy (non-hydrogen) atoms. The number of allylic oxidation sites excluding steroid dienone is 6. The quantitative estimate of drug-likeness (QED) is 0.315. The van der Waals surface area contributed by atoms with Crippen LogP contribution in [0.2, 0.25) is 0 Å². The number of hydrogen-bond donors (Lipinski definition) is 3. The van der Waals surface area contributed by atoms with E-state index in [0.717, 1.165) is 5.57 Å². The number of aliphatic hydroxyl groups is 1. The summed E-state index contributed by atoms with van der Waals surface area (Å²) >= 11 is 0. The maximum Gasteiger partial charge on any atom is 0.199 e. The van der Waals surface area contributed by atoms with Crippen LogP contribution in [0.4, 0.5) is 0 Å². The molecule has 0 spiro atoms. The molecular weight excluding hydrogens is 440 g/mol. The molecule has 1 aliphatic rings. The van der Waals surface area contributed by atoms with Gasteiger partial charge in [0.15, 0.2) is 18.0 Å². The molecule has 1 heterocycles. The Morgan fingerprint density at radius 1 is 1.03 bits per heavy atom. The minimum atomic E-state index is -1.46. The Bertz CT molecular complexity index is 1240. The lowest BCUT2D eigenvalue weighted by Gasteiger charge is -2.32. The van der Waals surface area contributed by atoms with Crippen LogP contribution < -0.4 is 4.74 Å². The van der Waals surface area contributed by atoms with Gasteiger partial charge in [0.25, 0.3) is 0 Å². The molecule has 0 amide bonds. The van der Waals surface area contributed by atoms with Crippen LogP contribution in [-0.2, 0) is 19.3 Å². The minimum Gasteiger partial charge on any atom is -0.508 e. The van der Waals surface area contributed by atoms with E-state index in [9.17, 15) is 20.1 Å². The molecule has 0 fully saturated rings. The number of aromatic hydroxyl groups is 2. The molecule has 0 radical (unpaired) electrons. The monoisotopic (exact) mass is 472 g/mol. The Kier molecular flexibility index (Phi) is 7.82. The number of hydrogen-bond acceptors (Lipinski definition) is 5. The molecule has 0 aromatic heterocycles. The van der Waals surface area contributed by atoms with E-state index in [-0.39, 0.29) is 29.2 Å². The highest BCUT2D eigenvalue weighted by Gasteiger charge is 2.39. The molecule has 5 heteroatoms. The van der Waals surface area contributed by atoms with Crippen LogP contribution in [0.1, 0.15) is 52.6 Å². The summed E-state index contributed by atoms with van der Waals surface area (Å²) in [5.74, 6) is -0.179. The molecule has 2 aromatic rings. The lowest BCUT2D eigenvalue weighted by atomic mass is 9.87. The SMILES string of the molecule is C=CC(=C)Cc1cc(C2Oc3c(cc(CC=C(C)C)c(O)c3CC(=C)C=C)C(=O)[C@@H]2O)ccc1O. The van der Waals surface area contributed by atoms with Gasteiger partial charge in [0.05, 0.1) is 5.56 Å². The summed E-state index contributed by atoms with van der Waals surface area (Å²) in [4.78, 5) is 13.3. The minimum absolute atomic E-state index is 0.0286. The number of fused-ring (bicyclic) bond motifs is 1. The topological polar surface area (TPSA) is 87.0 Å². The largest absolute Gasteiger partial charge is 0.508 e. The molecule has 1 aliphatic heterocycles. The normalized spacial score (nSPS) is 16.6. The van der Waals surface area contributed by atoms with E-state index < -0.39 is 18.0 Å². The van der Waals surface area contributed by atoms with Gasteiger partial charge in [-0.25, -0.2) is 0 Å². The van der Waals surface area contributed by atoms with E-state index in [1.54, 1.807) is 30.4 Å². The van der Waals surface area contributed by atoms with Crippen LogP contribution in [0, 0.1) is 0 Å². The molecule has 3 N–H and O–H groups in total. The van der Waals surface area contributed by atoms with E-state index in [2.05, 4.69) is 26.3 Å². The summed E-state index contributed by atoms with van der Waals surface area (Å²) in [7, 11) is 0. The van der Waals surface area contributed by atoms with E-state index in [4.69, 9.17) is 4.74 Å². The molecule has 182 valence electrons. The van der Waals surface area contributed by atoms with Crippen LogP contribution in [0.15, 0.2) is 85.5 Å². The fraction of sp³-hybridized carbons (Fsp3) is 0.233. The van der Waals surface area contributed by atoms with Crippen molar-refractivity contribution in [2.45, 2.75) is 45.3 Å². The number of phenolic OH excluding ortho intramolecular Hbond substituents is 2. The van der Waals surface area contributed by atoms with Gasteiger partial charge in [-0.1, -0.05) is 67.3 Å². The number of rotatable bonds is 9. The van der Waals surface area contributed by atoms with Gasteiger partial charge in [0.1, 0.15) is 17.2 Å². The van der Waals surface area contributed by atoms with Crippen LogP contribution in [-0.4, -0.2) is 27.2 Å². The first-order valence-electron chi connectivity index (χ1n) is 11.4.